The molecule has 0 N–H and O–H groups in total. The molecule has 2 aromatic rings. The highest BCUT2D eigenvalue weighted by Gasteiger charge is 2.22. The Kier molecular flexibility index (Phi) is 6.78. The normalized spacial score (nSPS) is 27.7. The van der Waals surface area contributed by atoms with Crippen LogP contribution in [0.1, 0.15) is 107 Å². The van der Waals surface area contributed by atoms with Crippen molar-refractivity contribution in [2.24, 2.45) is 11.8 Å². The molecule has 0 heteroatoms. The van der Waals surface area contributed by atoms with Gasteiger partial charge in [-0.2, -0.15) is 0 Å². The molecular weight excluding hydrogens is 348 g/mol. The average molecular weight is 389 g/mol. The van der Waals surface area contributed by atoms with Crippen LogP contribution in [-0.2, 0) is 0 Å². The fourth-order valence-corrected chi connectivity index (χ4v) is 5.99. The lowest BCUT2D eigenvalue weighted by molar-refractivity contribution is 0.308. The average Bonchev–Trinajstić information content (AvgIpc) is 2.75. The van der Waals surface area contributed by atoms with E-state index in [4.69, 9.17) is 0 Å². The van der Waals surface area contributed by atoms with Crippen LogP contribution in [0.4, 0.5) is 0 Å². The van der Waals surface area contributed by atoms with Gasteiger partial charge in [0.25, 0.3) is 0 Å². The Hall–Kier alpha value is -1.56. The first-order valence-corrected chi connectivity index (χ1v) is 12.3. The largest absolute Gasteiger partial charge is 0.0654 e. The molecule has 2 aliphatic carbocycles. The van der Waals surface area contributed by atoms with Crippen molar-refractivity contribution in [3.8, 4) is 11.1 Å². The molecule has 2 aliphatic rings. The fourth-order valence-electron chi connectivity index (χ4n) is 5.99. The third kappa shape index (κ3) is 4.96. The fraction of sp³-hybridized carbons (Fsp3) is 0.586. The zero-order valence-electron chi connectivity index (χ0n) is 18.9. The zero-order chi connectivity index (χ0) is 20.2. The lowest BCUT2D eigenvalue weighted by Gasteiger charge is -2.29. The summed E-state index contributed by atoms with van der Waals surface area (Å²) in [5.41, 5.74) is 7.37. The smallest absolute Gasteiger partial charge is 0.0155 e. The van der Waals surface area contributed by atoms with Crippen LogP contribution in [-0.4, -0.2) is 0 Å². The van der Waals surface area contributed by atoms with Gasteiger partial charge in [0.1, 0.15) is 0 Å². The summed E-state index contributed by atoms with van der Waals surface area (Å²) in [7, 11) is 0. The van der Waals surface area contributed by atoms with E-state index >= 15 is 0 Å². The molecule has 0 spiro atoms. The van der Waals surface area contributed by atoms with Crippen LogP contribution < -0.4 is 0 Å². The molecule has 0 saturated heterocycles. The van der Waals surface area contributed by atoms with E-state index in [1.807, 2.05) is 0 Å². The Morgan fingerprint density at radius 1 is 0.724 bits per heavy atom. The number of rotatable bonds is 5. The molecule has 0 atom stereocenters. The number of hydrogen-bond acceptors (Lipinski definition) is 0. The van der Waals surface area contributed by atoms with Gasteiger partial charge in [0.2, 0.25) is 0 Å². The highest BCUT2D eigenvalue weighted by Crippen LogP contribution is 2.39. The standard InChI is InChI=1S/C29H40/c1-4-5-23-8-12-26(13-9-23)28-18-19-29(22(3)20-28)27-16-14-25(15-17-27)24-10-6-21(2)7-11-24/h14-21,23-24,26H,4-13H2,1-3H3. The van der Waals surface area contributed by atoms with E-state index < -0.39 is 0 Å². The van der Waals surface area contributed by atoms with Gasteiger partial charge < -0.3 is 0 Å². The lowest BCUT2D eigenvalue weighted by Crippen LogP contribution is -2.13. The van der Waals surface area contributed by atoms with E-state index in [9.17, 15) is 0 Å². The van der Waals surface area contributed by atoms with Crippen LogP contribution in [0.2, 0.25) is 0 Å². The summed E-state index contributed by atoms with van der Waals surface area (Å²) < 4.78 is 0. The molecule has 0 amide bonds. The molecule has 4 rings (SSSR count). The topological polar surface area (TPSA) is 0 Å². The molecular formula is C29H40. The minimum atomic E-state index is 0.784. The molecule has 0 radical (unpaired) electrons. The summed E-state index contributed by atoms with van der Waals surface area (Å²) in [6.07, 6.45) is 13.9. The maximum absolute atomic E-state index is 2.48. The summed E-state index contributed by atoms with van der Waals surface area (Å²) in [5.74, 6) is 3.48. The van der Waals surface area contributed by atoms with Crippen molar-refractivity contribution in [1.29, 1.82) is 0 Å². The third-order valence-electron chi connectivity index (χ3n) is 7.97. The van der Waals surface area contributed by atoms with E-state index in [1.165, 1.54) is 80.9 Å². The van der Waals surface area contributed by atoms with Gasteiger partial charge in [0.05, 0.1) is 0 Å². The molecule has 2 aromatic carbocycles. The molecule has 0 aliphatic heterocycles. The van der Waals surface area contributed by atoms with Crippen LogP contribution in [0.5, 0.6) is 0 Å². The lowest BCUT2D eigenvalue weighted by atomic mass is 9.76. The summed E-state index contributed by atoms with van der Waals surface area (Å²) in [5, 5.41) is 0. The summed E-state index contributed by atoms with van der Waals surface area (Å²) >= 11 is 0. The van der Waals surface area contributed by atoms with E-state index in [-0.39, 0.29) is 0 Å². The molecule has 2 saturated carbocycles. The monoisotopic (exact) mass is 388 g/mol. The Morgan fingerprint density at radius 2 is 1.31 bits per heavy atom. The van der Waals surface area contributed by atoms with Crippen LogP contribution in [0.3, 0.4) is 0 Å². The molecule has 156 valence electrons. The first-order chi connectivity index (χ1) is 14.1. The third-order valence-corrected chi connectivity index (χ3v) is 7.97. The maximum Gasteiger partial charge on any atom is -0.0155 e. The second kappa shape index (κ2) is 9.50. The van der Waals surface area contributed by atoms with Gasteiger partial charge in [-0.3, -0.25) is 0 Å². The number of aryl methyl sites for hydroxylation is 1. The predicted octanol–water partition coefficient (Wildman–Crippen LogP) is 9.03. The number of hydrogen-bond donors (Lipinski definition) is 0. The molecule has 0 nitrogen and oxygen atoms in total. The van der Waals surface area contributed by atoms with E-state index in [2.05, 4.69) is 63.2 Å². The van der Waals surface area contributed by atoms with Crippen molar-refractivity contribution in [3.05, 3.63) is 59.2 Å². The van der Waals surface area contributed by atoms with Gasteiger partial charge in [-0.15, -0.1) is 0 Å². The van der Waals surface area contributed by atoms with Crippen molar-refractivity contribution in [3.63, 3.8) is 0 Å². The summed E-state index contributed by atoms with van der Waals surface area (Å²) in [6, 6.07) is 16.8. The second-order valence-electron chi connectivity index (χ2n) is 10.2. The van der Waals surface area contributed by atoms with Crippen LogP contribution in [0.15, 0.2) is 42.5 Å². The van der Waals surface area contributed by atoms with E-state index in [1.54, 1.807) is 11.1 Å². The van der Waals surface area contributed by atoms with E-state index in [0.717, 1.165) is 23.7 Å². The van der Waals surface area contributed by atoms with Gasteiger partial charge in [0.15, 0.2) is 0 Å². The van der Waals surface area contributed by atoms with Crippen LogP contribution in [0.25, 0.3) is 11.1 Å². The van der Waals surface area contributed by atoms with Crippen LogP contribution >= 0.6 is 0 Å². The molecule has 0 aromatic heterocycles. The molecule has 0 bridgehead atoms. The van der Waals surface area contributed by atoms with Crippen molar-refractivity contribution >= 4 is 0 Å². The summed E-state index contributed by atoms with van der Waals surface area (Å²) in [4.78, 5) is 0. The van der Waals surface area contributed by atoms with Gasteiger partial charge in [-0.05, 0) is 96.9 Å². The van der Waals surface area contributed by atoms with Crippen molar-refractivity contribution in [1.82, 2.24) is 0 Å². The van der Waals surface area contributed by atoms with Gasteiger partial charge in [-0.25, -0.2) is 0 Å². The second-order valence-corrected chi connectivity index (χ2v) is 10.2. The van der Waals surface area contributed by atoms with Gasteiger partial charge in [-0.1, -0.05) is 82.0 Å². The van der Waals surface area contributed by atoms with Crippen molar-refractivity contribution in [2.45, 2.75) is 96.8 Å². The molecule has 0 heterocycles. The summed E-state index contributed by atoms with van der Waals surface area (Å²) in [6.45, 7) is 7.04. The Bertz CT molecular complexity index is 768. The first kappa shape index (κ1) is 20.7. The highest BCUT2D eigenvalue weighted by molar-refractivity contribution is 5.68. The van der Waals surface area contributed by atoms with Crippen molar-refractivity contribution in [2.75, 3.05) is 0 Å². The quantitative estimate of drug-likeness (QED) is 0.479. The number of benzene rings is 2. The predicted molar refractivity (Wildman–Crippen MR) is 127 cm³/mol. The maximum atomic E-state index is 2.48. The molecule has 29 heavy (non-hydrogen) atoms. The Labute approximate surface area is 179 Å². The first-order valence-electron chi connectivity index (χ1n) is 12.3. The Morgan fingerprint density at radius 3 is 1.93 bits per heavy atom. The minimum absolute atomic E-state index is 0.784. The SMILES string of the molecule is CCCC1CCC(c2ccc(-c3ccc(C4CCC(C)CC4)cc3)c(C)c2)CC1. The van der Waals surface area contributed by atoms with Crippen molar-refractivity contribution < 1.29 is 0 Å². The van der Waals surface area contributed by atoms with Gasteiger partial charge in [0, 0.05) is 0 Å². The Balaban J connectivity index is 1.43. The molecule has 0 unspecified atom stereocenters. The van der Waals surface area contributed by atoms with E-state index in [0.29, 0.717) is 0 Å². The minimum Gasteiger partial charge on any atom is -0.0654 e. The zero-order valence-corrected chi connectivity index (χ0v) is 18.9. The van der Waals surface area contributed by atoms with Gasteiger partial charge >= 0.3 is 0 Å². The highest BCUT2D eigenvalue weighted by atomic mass is 14.3. The molecule has 2 fully saturated rings. The van der Waals surface area contributed by atoms with Crippen LogP contribution in [0, 0.1) is 18.8 Å².